The molecule has 1 N–H and O–H groups in total. The molecular formula is C10H13N5. The lowest BCUT2D eigenvalue weighted by atomic mass is 10.3. The Morgan fingerprint density at radius 3 is 2.60 bits per heavy atom. The number of nitrogens with zero attached hydrogens (tertiary/aromatic N) is 4. The third-order valence-electron chi connectivity index (χ3n) is 2.37. The van der Waals surface area contributed by atoms with Crippen LogP contribution in [0.25, 0.3) is 0 Å². The van der Waals surface area contributed by atoms with Crippen molar-refractivity contribution >= 4 is 5.95 Å². The highest BCUT2D eigenvalue weighted by Crippen LogP contribution is 2.07. The number of anilines is 1. The highest BCUT2D eigenvalue weighted by atomic mass is 15.3. The zero-order chi connectivity index (χ0) is 10.5. The van der Waals surface area contributed by atoms with E-state index in [2.05, 4.69) is 26.3 Å². The van der Waals surface area contributed by atoms with Gasteiger partial charge >= 0.3 is 0 Å². The molecule has 0 aliphatic carbocycles. The quantitative estimate of drug-likeness (QED) is 0.730. The summed E-state index contributed by atoms with van der Waals surface area (Å²) < 4.78 is 0. The van der Waals surface area contributed by atoms with Gasteiger partial charge in [-0.15, -0.1) is 0 Å². The molecule has 1 aromatic heterocycles. The lowest BCUT2D eigenvalue weighted by molar-refractivity contribution is 0.579. The fraction of sp³-hybridized carbons (Fsp3) is 0.500. The Bertz CT molecular complexity index is 347. The predicted molar refractivity (Wildman–Crippen MR) is 56.4 cm³/mol. The fourth-order valence-corrected chi connectivity index (χ4v) is 1.56. The Hall–Kier alpha value is -1.67. The van der Waals surface area contributed by atoms with E-state index in [-0.39, 0.29) is 0 Å². The monoisotopic (exact) mass is 203 g/mol. The molecule has 15 heavy (non-hydrogen) atoms. The van der Waals surface area contributed by atoms with E-state index in [1.807, 2.05) is 0 Å². The van der Waals surface area contributed by atoms with E-state index in [9.17, 15) is 0 Å². The molecule has 0 radical (unpaired) electrons. The minimum absolute atomic E-state index is 0.377. The Morgan fingerprint density at radius 1 is 1.33 bits per heavy atom. The zero-order valence-corrected chi connectivity index (χ0v) is 8.48. The van der Waals surface area contributed by atoms with Gasteiger partial charge in [-0.25, -0.2) is 9.97 Å². The maximum atomic E-state index is 8.51. The molecule has 5 heteroatoms. The summed E-state index contributed by atoms with van der Waals surface area (Å²) in [5.74, 6) is 0.762. The van der Waals surface area contributed by atoms with Crippen molar-refractivity contribution in [1.29, 1.82) is 5.26 Å². The van der Waals surface area contributed by atoms with Crippen molar-refractivity contribution < 1.29 is 0 Å². The van der Waals surface area contributed by atoms with E-state index in [1.165, 1.54) is 0 Å². The van der Waals surface area contributed by atoms with Gasteiger partial charge in [-0.3, -0.25) is 0 Å². The van der Waals surface area contributed by atoms with E-state index in [1.54, 1.807) is 12.4 Å². The molecule has 2 heterocycles. The van der Waals surface area contributed by atoms with E-state index in [4.69, 9.17) is 5.26 Å². The van der Waals surface area contributed by atoms with Crippen molar-refractivity contribution in [3.05, 3.63) is 18.0 Å². The summed E-state index contributed by atoms with van der Waals surface area (Å²) in [5.41, 5.74) is 0.872. The summed E-state index contributed by atoms with van der Waals surface area (Å²) in [6, 6.07) is 2.08. The number of rotatable bonds is 2. The number of piperazine rings is 1. The second kappa shape index (κ2) is 4.71. The van der Waals surface area contributed by atoms with Gasteiger partial charge in [0.2, 0.25) is 5.95 Å². The summed E-state index contributed by atoms with van der Waals surface area (Å²) in [6.07, 6.45) is 3.84. The van der Waals surface area contributed by atoms with Gasteiger partial charge in [0.1, 0.15) is 0 Å². The van der Waals surface area contributed by atoms with Crippen molar-refractivity contribution in [1.82, 2.24) is 15.3 Å². The minimum Gasteiger partial charge on any atom is -0.338 e. The van der Waals surface area contributed by atoms with Gasteiger partial charge in [0, 0.05) is 44.1 Å². The first kappa shape index (κ1) is 9.87. The molecule has 1 aliphatic heterocycles. The fourth-order valence-electron chi connectivity index (χ4n) is 1.56. The molecule has 0 amide bonds. The number of hydrogen-bond donors (Lipinski definition) is 1. The molecule has 1 saturated heterocycles. The lowest BCUT2D eigenvalue weighted by Gasteiger charge is -2.27. The normalized spacial score (nSPS) is 16.1. The largest absolute Gasteiger partial charge is 0.338 e. The second-order valence-electron chi connectivity index (χ2n) is 3.46. The summed E-state index contributed by atoms with van der Waals surface area (Å²) >= 11 is 0. The Labute approximate surface area is 88.8 Å². The summed E-state index contributed by atoms with van der Waals surface area (Å²) in [7, 11) is 0. The number of hydrogen-bond acceptors (Lipinski definition) is 5. The molecule has 5 nitrogen and oxygen atoms in total. The van der Waals surface area contributed by atoms with Gasteiger partial charge in [-0.05, 0) is 0 Å². The summed E-state index contributed by atoms with van der Waals surface area (Å²) in [5, 5.41) is 11.8. The van der Waals surface area contributed by atoms with Gasteiger partial charge in [0.15, 0.2) is 0 Å². The van der Waals surface area contributed by atoms with E-state index < -0.39 is 0 Å². The molecular weight excluding hydrogens is 190 g/mol. The van der Waals surface area contributed by atoms with Crippen LogP contribution in [0.1, 0.15) is 5.56 Å². The van der Waals surface area contributed by atoms with Crippen LogP contribution >= 0.6 is 0 Å². The van der Waals surface area contributed by atoms with Gasteiger partial charge in [-0.2, -0.15) is 5.26 Å². The van der Waals surface area contributed by atoms with Crippen LogP contribution in [-0.4, -0.2) is 36.1 Å². The SMILES string of the molecule is N#CCc1cnc(N2CCNCC2)nc1. The molecule has 0 spiro atoms. The van der Waals surface area contributed by atoms with Crippen molar-refractivity contribution in [3.63, 3.8) is 0 Å². The van der Waals surface area contributed by atoms with Gasteiger partial charge in [0.05, 0.1) is 12.5 Å². The Kier molecular flexibility index (Phi) is 3.10. The molecule has 0 atom stereocenters. The highest BCUT2D eigenvalue weighted by molar-refractivity contribution is 5.31. The molecule has 2 rings (SSSR count). The summed E-state index contributed by atoms with van der Waals surface area (Å²) in [6.45, 7) is 3.84. The van der Waals surface area contributed by atoms with E-state index >= 15 is 0 Å². The third kappa shape index (κ3) is 2.42. The van der Waals surface area contributed by atoms with Crippen LogP contribution in [0, 0.1) is 11.3 Å². The number of nitrogens with one attached hydrogen (secondary N) is 1. The lowest BCUT2D eigenvalue weighted by Crippen LogP contribution is -2.44. The maximum Gasteiger partial charge on any atom is 0.225 e. The van der Waals surface area contributed by atoms with Crippen molar-refractivity contribution in [2.45, 2.75) is 6.42 Å². The van der Waals surface area contributed by atoms with Crippen LogP contribution in [0.15, 0.2) is 12.4 Å². The van der Waals surface area contributed by atoms with Gasteiger partial charge in [-0.1, -0.05) is 0 Å². The molecule has 1 aliphatic rings. The molecule has 78 valence electrons. The minimum atomic E-state index is 0.377. The molecule has 1 aromatic rings. The van der Waals surface area contributed by atoms with Crippen LogP contribution in [0.5, 0.6) is 0 Å². The Morgan fingerprint density at radius 2 is 2.00 bits per heavy atom. The van der Waals surface area contributed by atoms with E-state index in [0.717, 1.165) is 37.7 Å². The highest BCUT2D eigenvalue weighted by Gasteiger charge is 2.12. The second-order valence-corrected chi connectivity index (χ2v) is 3.46. The number of aromatic nitrogens is 2. The van der Waals surface area contributed by atoms with Crippen LogP contribution in [-0.2, 0) is 6.42 Å². The first-order chi connectivity index (χ1) is 7.40. The molecule has 0 bridgehead atoms. The molecule has 0 saturated carbocycles. The van der Waals surface area contributed by atoms with Crippen LogP contribution < -0.4 is 10.2 Å². The zero-order valence-electron chi connectivity index (χ0n) is 8.48. The smallest absolute Gasteiger partial charge is 0.225 e. The molecule has 0 aromatic carbocycles. The average Bonchev–Trinajstić information content (AvgIpc) is 2.32. The van der Waals surface area contributed by atoms with Gasteiger partial charge < -0.3 is 10.2 Å². The maximum absolute atomic E-state index is 8.51. The van der Waals surface area contributed by atoms with Crippen LogP contribution in [0.4, 0.5) is 5.95 Å². The number of nitriles is 1. The summed E-state index contributed by atoms with van der Waals surface area (Å²) in [4.78, 5) is 10.7. The Balaban J connectivity index is 2.05. The molecule has 1 fully saturated rings. The van der Waals surface area contributed by atoms with Crippen molar-refractivity contribution in [2.24, 2.45) is 0 Å². The molecule has 0 unspecified atom stereocenters. The first-order valence-corrected chi connectivity index (χ1v) is 5.03. The topological polar surface area (TPSA) is 64.8 Å². The van der Waals surface area contributed by atoms with Crippen LogP contribution in [0.3, 0.4) is 0 Å². The third-order valence-corrected chi connectivity index (χ3v) is 2.37. The standard InChI is InChI=1S/C10H13N5/c11-2-1-9-7-13-10(14-8-9)15-5-3-12-4-6-15/h7-8,12H,1,3-6H2. The van der Waals surface area contributed by atoms with Gasteiger partial charge in [0.25, 0.3) is 0 Å². The van der Waals surface area contributed by atoms with E-state index in [0.29, 0.717) is 6.42 Å². The van der Waals surface area contributed by atoms with Crippen LogP contribution in [0.2, 0.25) is 0 Å². The van der Waals surface area contributed by atoms with Crippen molar-refractivity contribution in [2.75, 3.05) is 31.1 Å². The van der Waals surface area contributed by atoms with Crippen molar-refractivity contribution in [3.8, 4) is 6.07 Å². The predicted octanol–water partition coefficient (Wildman–Crippen LogP) is -0.0477. The average molecular weight is 203 g/mol. The first-order valence-electron chi connectivity index (χ1n) is 5.03.